The van der Waals surface area contributed by atoms with Crippen LogP contribution in [-0.4, -0.2) is 18.8 Å². The van der Waals surface area contributed by atoms with Crippen LogP contribution in [0.25, 0.3) is 0 Å². The van der Waals surface area contributed by atoms with Gasteiger partial charge in [0, 0.05) is 24.1 Å². The third kappa shape index (κ3) is 5.10. The number of ketones is 1. The lowest BCUT2D eigenvalue weighted by Crippen LogP contribution is -2.38. The molecule has 0 unspecified atom stereocenters. The van der Waals surface area contributed by atoms with Crippen molar-refractivity contribution in [3.63, 3.8) is 0 Å². The van der Waals surface area contributed by atoms with Crippen molar-refractivity contribution >= 4 is 23.1 Å². The van der Waals surface area contributed by atoms with E-state index < -0.39 is 6.04 Å². The molecule has 2 atom stereocenters. The van der Waals surface area contributed by atoms with Crippen molar-refractivity contribution in [2.75, 3.05) is 17.3 Å². The molecule has 1 heterocycles. The number of nitrogens with zero attached hydrogens (tertiary/aromatic N) is 1. The van der Waals surface area contributed by atoms with Gasteiger partial charge in [0.25, 0.3) is 0 Å². The summed E-state index contributed by atoms with van der Waals surface area (Å²) in [4.78, 5) is 29.9. The third-order valence-electron chi connectivity index (χ3n) is 7.73. The lowest BCUT2D eigenvalue weighted by Gasteiger charge is -2.35. The van der Waals surface area contributed by atoms with E-state index in [9.17, 15) is 9.59 Å². The number of benzene rings is 3. The Balaban J connectivity index is 1.63. The van der Waals surface area contributed by atoms with Gasteiger partial charge in [0.2, 0.25) is 5.91 Å². The van der Waals surface area contributed by atoms with Crippen LogP contribution in [0.4, 0.5) is 11.4 Å². The van der Waals surface area contributed by atoms with Crippen molar-refractivity contribution in [1.29, 1.82) is 0 Å². The van der Waals surface area contributed by atoms with Gasteiger partial charge >= 0.3 is 0 Å². The van der Waals surface area contributed by atoms with Gasteiger partial charge < -0.3 is 10.1 Å². The van der Waals surface area contributed by atoms with Crippen LogP contribution < -0.4 is 15.0 Å². The molecule has 0 fully saturated rings. The number of ether oxygens (including phenoxy) is 1. The van der Waals surface area contributed by atoms with Crippen LogP contribution in [0, 0.1) is 6.92 Å². The van der Waals surface area contributed by atoms with Crippen LogP contribution in [0.1, 0.15) is 74.1 Å². The summed E-state index contributed by atoms with van der Waals surface area (Å²) in [5.41, 5.74) is 6.52. The van der Waals surface area contributed by atoms with Gasteiger partial charge in [-0.05, 0) is 61.1 Å². The molecule has 0 aromatic heterocycles. The Labute approximate surface area is 225 Å². The summed E-state index contributed by atoms with van der Waals surface area (Å²) in [6, 6.07) is 23.7. The molecule has 1 N–H and O–H groups in total. The summed E-state index contributed by atoms with van der Waals surface area (Å²) in [5.74, 6) is 0.993. The Bertz CT molecular complexity index is 1340. The predicted octanol–water partition coefficient (Wildman–Crippen LogP) is 7.48. The molecular weight excluding hydrogens is 472 g/mol. The number of fused-ring (bicyclic) bond motifs is 1. The number of para-hydroxylation sites is 2. The average molecular weight is 509 g/mol. The Morgan fingerprint density at radius 1 is 0.947 bits per heavy atom. The van der Waals surface area contributed by atoms with Crippen molar-refractivity contribution in [2.45, 2.75) is 64.3 Å². The number of nitrogens with one attached hydrogen (secondary N) is 1. The second-order valence-corrected chi connectivity index (χ2v) is 10.4. The monoisotopic (exact) mass is 508 g/mol. The SMILES string of the molecule is CCCCCC(=O)N1c2ccccc2NC2=C(C(=O)C[C@H](c3ccc(OC)cc3)C2)[C@H]1c1ccc(C)cc1. The molecule has 0 bridgehead atoms. The van der Waals surface area contributed by atoms with E-state index in [1.807, 2.05) is 53.4 Å². The number of unbranched alkanes of at least 4 members (excludes halogenated alkanes) is 2. The molecule has 3 aromatic carbocycles. The number of Topliss-reactive ketones (excluding diaryl/α,β-unsaturated/α-hetero) is 1. The fourth-order valence-corrected chi connectivity index (χ4v) is 5.69. The van der Waals surface area contributed by atoms with Gasteiger partial charge in [0.05, 0.1) is 24.5 Å². The first-order chi connectivity index (χ1) is 18.5. The maximum Gasteiger partial charge on any atom is 0.227 e. The maximum absolute atomic E-state index is 14.1. The van der Waals surface area contributed by atoms with Gasteiger partial charge in [0.15, 0.2) is 5.78 Å². The van der Waals surface area contributed by atoms with Crippen molar-refractivity contribution in [3.8, 4) is 5.75 Å². The highest BCUT2D eigenvalue weighted by Gasteiger charge is 2.41. The molecule has 0 spiro atoms. The first kappa shape index (κ1) is 25.8. The third-order valence-corrected chi connectivity index (χ3v) is 7.73. The molecule has 38 heavy (non-hydrogen) atoms. The normalized spacial score (nSPS) is 18.8. The Morgan fingerprint density at radius 3 is 2.37 bits per heavy atom. The molecule has 5 heteroatoms. The quantitative estimate of drug-likeness (QED) is 0.336. The highest BCUT2D eigenvalue weighted by molar-refractivity contribution is 6.06. The number of allylic oxidation sites excluding steroid dienone is 1. The summed E-state index contributed by atoms with van der Waals surface area (Å²) in [5, 5.41) is 3.62. The summed E-state index contributed by atoms with van der Waals surface area (Å²) >= 11 is 0. The minimum Gasteiger partial charge on any atom is -0.497 e. The topological polar surface area (TPSA) is 58.6 Å². The smallest absolute Gasteiger partial charge is 0.227 e. The van der Waals surface area contributed by atoms with E-state index in [1.54, 1.807) is 7.11 Å². The van der Waals surface area contributed by atoms with Gasteiger partial charge in [0.1, 0.15) is 5.75 Å². The van der Waals surface area contributed by atoms with Crippen LogP contribution in [0.2, 0.25) is 0 Å². The van der Waals surface area contributed by atoms with Crippen molar-refractivity contribution in [2.24, 2.45) is 0 Å². The average Bonchev–Trinajstić information content (AvgIpc) is 3.08. The largest absolute Gasteiger partial charge is 0.497 e. The summed E-state index contributed by atoms with van der Waals surface area (Å²) in [6.07, 6.45) is 4.45. The zero-order valence-corrected chi connectivity index (χ0v) is 22.5. The molecule has 0 saturated carbocycles. The van der Waals surface area contributed by atoms with Crippen LogP contribution in [0.3, 0.4) is 0 Å². The maximum atomic E-state index is 14.1. The van der Waals surface area contributed by atoms with Gasteiger partial charge in [-0.1, -0.05) is 73.9 Å². The van der Waals surface area contributed by atoms with Gasteiger partial charge in [-0.15, -0.1) is 0 Å². The van der Waals surface area contributed by atoms with E-state index >= 15 is 0 Å². The molecule has 1 aliphatic heterocycles. The van der Waals surface area contributed by atoms with Gasteiger partial charge in [-0.25, -0.2) is 0 Å². The van der Waals surface area contributed by atoms with E-state index in [-0.39, 0.29) is 17.6 Å². The second kappa shape index (κ2) is 11.3. The summed E-state index contributed by atoms with van der Waals surface area (Å²) < 4.78 is 5.33. The summed E-state index contributed by atoms with van der Waals surface area (Å²) in [7, 11) is 1.66. The molecule has 1 amide bonds. The molecule has 1 aliphatic carbocycles. The van der Waals surface area contributed by atoms with Gasteiger partial charge in [-0.2, -0.15) is 0 Å². The standard InChI is InChI=1S/C33H36N2O3/c1-4-5-6-11-31(37)35-29-10-8-7-9-27(29)34-28-20-25(23-16-18-26(38-3)19-17-23)21-30(36)32(28)33(35)24-14-12-22(2)13-15-24/h7-10,12-19,25,33-34H,4-6,11,20-21H2,1-3H3/t25-,33-/m1/s1. The molecule has 196 valence electrons. The number of carbonyl (C=O) groups excluding carboxylic acids is 2. The fourth-order valence-electron chi connectivity index (χ4n) is 5.69. The highest BCUT2D eigenvalue weighted by atomic mass is 16.5. The minimum absolute atomic E-state index is 0.0529. The second-order valence-electron chi connectivity index (χ2n) is 10.4. The molecular formula is C33H36N2O3. The van der Waals surface area contributed by atoms with E-state index in [2.05, 4.69) is 43.4 Å². The van der Waals surface area contributed by atoms with Crippen LogP contribution in [0.15, 0.2) is 84.1 Å². The number of aryl methyl sites for hydroxylation is 1. The Kier molecular flexibility index (Phi) is 7.64. The molecule has 0 radical (unpaired) electrons. The van der Waals surface area contributed by atoms with Crippen LogP contribution in [0.5, 0.6) is 5.75 Å². The number of rotatable bonds is 7. The summed E-state index contributed by atoms with van der Waals surface area (Å²) in [6.45, 7) is 4.19. The number of hydrogen-bond acceptors (Lipinski definition) is 4. The van der Waals surface area contributed by atoms with Crippen LogP contribution >= 0.6 is 0 Å². The molecule has 5 rings (SSSR count). The van der Waals surface area contributed by atoms with Gasteiger partial charge in [-0.3, -0.25) is 14.5 Å². The minimum atomic E-state index is -0.472. The first-order valence-electron chi connectivity index (χ1n) is 13.6. The van der Waals surface area contributed by atoms with E-state index in [4.69, 9.17) is 4.74 Å². The van der Waals surface area contributed by atoms with E-state index in [0.29, 0.717) is 24.8 Å². The zero-order chi connectivity index (χ0) is 26.6. The molecule has 0 saturated heterocycles. The lowest BCUT2D eigenvalue weighted by molar-refractivity contribution is -0.119. The van der Waals surface area contributed by atoms with Crippen molar-refractivity contribution in [3.05, 3.63) is 101 Å². The first-order valence-corrected chi connectivity index (χ1v) is 13.6. The highest BCUT2D eigenvalue weighted by Crippen LogP contribution is 2.47. The van der Waals surface area contributed by atoms with Crippen molar-refractivity contribution in [1.82, 2.24) is 0 Å². The van der Waals surface area contributed by atoms with E-state index in [0.717, 1.165) is 58.8 Å². The number of anilines is 2. The lowest BCUT2D eigenvalue weighted by atomic mass is 9.78. The Hall–Kier alpha value is -3.86. The molecule has 2 aliphatic rings. The number of hydrogen-bond donors (Lipinski definition) is 1. The van der Waals surface area contributed by atoms with E-state index in [1.165, 1.54) is 0 Å². The Morgan fingerprint density at radius 2 is 1.66 bits per heavy atom. The van der Waals surface area contributed by atoms with Crippen molar-refractivity contribution < 1.29 is 14.3 Å². The predicted molar refractivity (Wildman–Crippen MR) is 153 cm³/mol. The molecule has 3 aromatic rings. The zero-order valence-electron chi connectivity index (χ0n) is 22.5. The number of amides is 1. The number of carbonyl (C=O) groups is 2. The van der Waals surface area contributed by atoms with Crippen LogP contribution in [-0.2, 0) is 9.59 Å². The number of methoxy groups -OCH3 is 1. The molecule has 5 nitrogen and oxygen atoms in total. The fraction of sp³-hybridized carbons (Fsp3) is 0.333.